The lowest BCUT2D eigenvalue weighted by Crippen LogP contribution is -2.58. The highest BCUT2D eigenvalue weighted by molar-refractivity contribution is 5.93. The Hall–Kier alpha value is -1.10. The van der Waals surface area contributed by atoms with Crippen molar-refractivity contribution < 1.29 is 9.59 Å². The molecule has 1 N–H and O–H groups in total. The summed E-state index contributed by atoms with van der Waals surface area (Å²) in [6, 6.07) is 0. The molecule has 0 aromatic rings. The van der Waals surface area contributed by atoms with Crippen molar-refractivity contribution in [1.82, 2.24) is 15.1 Å². The zero-order chi connectivity index (χ0) is 13.5. The normalized spacial score (nSPS) is 29.1. The van der Waals surface area contributed by atoms with Gasteiger partial charge >= 0.3 is 0 Å². The van der Waals surface area contributed by atoms with Gasteiger partial charge in [-0.25, -0.2) is 0 Å². The number of nitrogens with one attached hydrogen (secondary N) is 1. The molecule has 3 aliphatic rings. The first kappa shape index (κ1) is 12.9. The molecule has 2 aliphatic heterocycles. The van der Waals surface area contributed by atoms with E-state index in [4.69, 9.17) is 0 Å². The molecule has 5 nitrogen and oxygen atoms in total. The number of hydrogen-bond donors (Lipinski definition) is 1. The van der Waals surface area contributed by atoms with Gasteiger partial charge in [-0.1, -0.05) is 13.3 Å². The van der Waals surface area contributed by atoms with Crippen LogP contribution in [0, 0.1) is 5.92 Å². The minimum atomic E-state index is -0.296. The van der Waals surface area contributed by atoms with Gasteiger partial charge < -0.3 is 15.1 Å². The molecule has 1 saturated carbocycles. The summed E-state index contributed by atoms with van der Waals surface area (Å²) >= 11 is 0. The number of amides is 2. The molecule has 19 heavy (non-hydrogen) atoms. The van der Waals surface area contributed by atoms with Gasteiger partial charge in [-0.15, -0.1) is 0 Å². The van der Waals surface area contributed by atoms with Crippen LogP contribution >= 0.6 is 0 Å². The van der Waals surface area contributed by atoms with Crippen molar-refractivity contribution >= 4 is 11.8 Å². The fraction of sp³-hybridized carbons (Fsp3) is 0.857. The first-order valence-electron chi connectivity index (χ1n) is 7.47. The summed E-state index contributed by atoms with van der Waals surface area (Å²) in [6.07, 6.45) is 4.11. The molecular weight excluding hydrogens is 242 g/mol. The van der Waals surface area contributed by atoms with E-state index in [9.17, 15) is 9.59 Å². The predicted molar refractivity (Wildman–Crippen MR) is 71.5 cm³/mol. The summed E-state index contributed by atoms with van der Waals surface area (Å²) in [4.78, 5) is 28.2. The van der Waals surface area contributed by atoms with Crippen LogP contribution in [-0.2, 0) is 9.59 Å². The van der Waals surface area contributed by atoms with Crippen LogP contribution in [0.25, 0.3) is 0 Å². The molecule has 0 aromatic carbocycles. The Kier molecular flexibility index (Phi) is 3.25. The molecule has 1 spiro atoms. The predicted octanol–water partition coefficient (Wildman–Crippen LogP) is 0.209. The summed E-state index contributed by atoms with van der Waals surface area (Å²) in [5.74, 6) is 0.915. The number of carbonyl (C=O) groups is 2. The molecule has 1 unspecified atom stereocenters. The van der Waals surface area contributed by atoms with Gasteiger partial charge in [-0.3, -0.25) is 9.59 Å². The maximum absolute atomic E-state index is 12.3. The topological polar surface area (TPSA) is 52.7 Å². The minimum absolute atomic E-state index is 0.127. The second-order valence-electron chi connectivity index (χ2n) is 6.14. The van der Waals surface area contributed by atoms with Crippen molar-refractivity contribution in [2.24, 2.45) is 5.92 Å². The molecule has 5 heteroatoms. The smallest absolute Gasteiger partial charge is 0.243 e. The van der Waals surface area contributed by atoms with Crippen LogP contribution < -0.4 is 5.32 Å². The number of nitrogens with zero attached hydrogens (tertiary/aromatic N) is 2. The molecule has 2 saturated heterocycles. The van der Waals surface area contributed by atoms with Crippen molar-refractivity contribution in [3.8, 4) is 0 Å². The van der Waals surface area contributed by atoms with Gasteiger partial charge in [0.25, 0.3) is 0 Å². The number of carbonyl (C=O) groups excluding carboxylic acids is 2. The van der Waals surface area contributed by atoms with Crippen molar-refractivity contribution in [1.29, 1.82) is 0 Å². The van der Waals surface area contributed by atoms with Crippen molar-refractivity contribution in [2.45, 2.75) is 38.1 Å². The van der Waals surface area contributed by atoms with E-state index in [2.05, 4.69) is 12.2 Å². The molecule has 0 radical (unpaired) electrons. The third-order valence-corrected chi connectivity index (χ3v) is 4.83. The molecule has 1 aliphatic carbocycles. The molecule has 106 valence electrons. The van der Waals surface area contributed by atoms with Gasteiger partial charge in [0.05, 0.1) is 12.1 Å². The summed E-state index contributed by atoms with van der Waals surface area (Å²) in [6.45, 7) is 5.67. The van der Waals surface area contributed by atoms with Crippen LogP contribution in [-0.4, -0.2) is 59.9 Å². The summed E-state index contributed by atoms with van der Waals surface area (Å²) in [7, 11) is 0. The van der Waals surface area contributed by atoms with Crippen molar-refractivity contribution in [2.75, 3.05) is 32.7 Å². The molecule has 1 atom stereocenters. The van der Waals surface area contributed by atoms with Gasteiger partial charge in [0.2, 0.25) is 11.8 Å². The number of likely N-dealkylation sites (tertiary alicyclic amines) is 1. The average Bonchev–Trinajstić information content (AvgIpc) is 3.02. The van der Waals surface area contributed by atoms with Gasteiger partial charge in [0.1, 0.15) is 0 Å². The Morgan fingerprint density at radius 3 is 2.84 bits per heavy atom. The van der Waals surface area contributed by atoms with E-state index in [1.54, 1.807) is 4.90 Å². The third kappa shape index (κ3) is 2.36. The number of piperazine rings is 1. The Labute approximate surface area is 114 Å². The number of hydrogen-bond acceptors (Lipinski definition) is 3. The molecule has 2 heterocycles. The summed E-state index contributed by atoms with van der Waals surface area (Å²) in [5.41, 5.74) is -0.296. The molecular formula is C14H23N3O2. The van der Waals surface area contributed by atoms with Crippen LogP contribution in [0.15, 0.2) is 0 Å². The zero-order valence-electron chi connectivity index (χ0n) is 11.7. The largest absolute Gasteiger partial charge is 0.341 e. The van der Waals surface area contributed by atoms with Crippen LogP contribution in [0.1, 0.15) is 32.6 Å². The second kappa shape index (κ2) is 4.78. The quantitative estimate of drug-likeness (QED) is 0.793. The fourth-order valence-electron chi connectivity index (χ4n) is 3.23. The SMILES string of the molecule is CCC1CCN(C(=O)CN2CCNC3(CC3)C2=O)C1. The maximum atomic E-state index is 12.3. The van der Waals surface area contributed by atoms with Crippen molar-refractivity contribution in [3.63, 3.8) is 0 Å². The van der Waals surface area contributed by atoms with Gasteiger partial charge in [0.15, 0.2) is 0 Å². The lowest BCUT2D eigenvalue weighted by Gasteiger charge is -2.34. The first-order chi connectivity index (χ1) is 9.14. The first-order valence-corrected chi connectivity index (χ1v) is 7.47. The molecule has 3 fully saturated rings. The van der Waals surface area contributed by atoms with E-state index in [-0.39, 0.29) is 23.9 Å². The third-order valence-electron chi connectivity index (χ3n) is 4.83. The Morgan fingerprint density at radius 2 is 2.21 bits per heavy atom. The van der Waals surface area contributed by atoms with Crippen LogP contribution in [0.5, 0.6) is 0 Å². The maximum Gasteiger partial charge on any atom is 0.243 e. The highest BCUT2D eigenvalue weighted by Crippen LogP contribution is 2.38. The summed E-state index contributed by atoms with van der Waals surface area (Å²) < 4.78 is 0. The highest BCUT2D eigenvalue weighted by atomic mass is 16.2. The van der Waals surface area contributed by atoms with E-state index in [0.717, 1.165) is 45.3 Å². The van der Waals surface area contributed by atoms with Gasteiger partial charge in [-0.2, -0.15) is 0 Å². The van der Waals surface area contributed by atoms with E-state index >= 15 is 0 Å². The lowest BCUT2D eigenvalue weighted by atomic mass is 10.1. The number of rotatable bonds is 3. The van der Waals surface area contributed by atoms with E-state index < -0.39 is 0 Å². The van der Waals surface area contributed by atoms with Gasteiger partial charge in [-0.05, 0) is 25.2 Å². The Morgan fingerprint density at radius 1 is 1.42 bits per heavy atom. The molecule has 2 amide bonds. The standard InChI is InChI=1S/C14H23N3O2/c1-2-11-3-7-16(9-11)12(18)10-17-8-6-15-14(4-5-14)13(17)19/h11,15H,2-10H2,1H3. The fourth-order valence-corrected chi connectivity index (χ4v) is 3.23. The van der Waals surface area contributed by atoms with E-state index in [0.29, 0.717) is 12.5 Å². The molecule has 0 aromatic heterocycles. The lowest BCUT2D eigenvalue weighted by molar-refractivity contribution is -0.143. The molecule has 3 rings (SSSR count). The Bertz CT molecular complexity index is 392. The molecule has 0 bridgehead atoms. The highest BCUT2D eigenvalue weighted by Gasteiger charge is 2.53. The second-order valence-corrected chi connectivity index (χ2v) is 6.14. The Balaban J connectivity index is 1.56. The van der Waals surface area contributed by atoms with E-state index in [1.807, 2.05) is 4.90 Å². The van der Waals surface area contributed by atoms with Crippen LogP contribution in [0.4, 0.5) is 0 Å². The summed E-state index contributed by atoms with van der Waals surface area (Å²) in [5, 5.41) is 3.29. The van der Waals surface area contributed by atoms with Crippen LogP contribution in [0.3, 0.4) is 0 Å². The zero-order valence-corrected chi connectivity index (χ0v) is 11.7. The van der Waals surface area contributed by atoms with Gasteiger partial charge in [0, 0.05) is 26.2 Å². The van der Waals surface area contributed by atoms with E-state index in [1.165, 1.54) is 0 Å². The average molecular weight is 265 g/mol. The van der Waals surface area contributed by atoms with Crippen molar-refractivity contribution in [3.05, 3.63) is 0 Å². The van der Waals surface area contributed by atoms with Crippen LogP contribution in [0.2, 0.25) is 0 Å². The monoisotopic (exact) mass is 265 g/mol. The minimum Gasteiger partial charge on any atom is -0.341 e.